The van der Waals surface area contributed by atoms with Gasteiger partial charge in [0.15, 0.2) is 5.70 Å². The Balaban J connectivity index is 1.64. The first-order valence-electron chi connectivity index (χ1n) is 12.9. The molecule has 8 heteroatoms. The zero-order chi connectivity index (χ0) is 26.7. The summed E-state index contributed by atoms with van der Waals surface area (Å²) >= 11 is 0. The van der Waals surface area contributed by atoms with E-state index in [4.69, 9.17) is 4.74 Å². The highest BCUT2D eigenvalue weighted by atomic mass is 16.5. The smallest absolute Gasteiger partial charge is 0.312 e. The zero-order valence-corrected chi connectivity index (χ0v) is 22.5. The molecule has 2 heterocycles. The van der Waals surface area contributed by atoms with Gasteiger partial charge in [-0.2, -0.15) is 0 Å². The number of carboxylic acid groups (broad SMARTS) is 1. The molecule has 1 amide bonds. The second-order valence-corrected chi connectivity index (χ2v) is 10.8. The predicted molar refractivity (Wildman–Crippen MR) is 141 cm³/mol. The van der Waals surface area contributed by atoms with Crippen LogP contribution in [0.4, 0.5) is 0 Å². The van der Waals surface area contributed by atoms with E-state index in [2.05, 4.69) is 18.5 Å². The normalized spacial score (nSPS) is 18.9. The Morgan fingerprint density at radius 1 is 1.27 bits per heavy atom. The molecule has 0 bridgehead atoms. The van der Waals surface area contributed by atoms with Gasteiger partial charge in [0, 0.05) is 25.7 Å². The Bertz CT molecular complexity index is 1190. The highest BCUT2D eigenvalue weighted by Crippen LogP contribution is 2.38. The summed E-state index contributed by atoms with van der Waals surface area (Å²) in [5, 5.41) is 11.9. The van der Waals surface area contributed by atoms with Crippen LogP contribution in [-0.4, -0.2) is 47.1 Å². The predicted octanol–water partition coefficient (Wildman–Crippen LogP) is 3.16. The van der Waals surface area contributed by atoms with Crippen molar-refractivity contribution < 1.29 is 24.9 Å². The van der Waals surface area contributed by atoms with Crippen LogP contribution in [0.15, 0.2) is 54.4 Å². The molecule has 0 fully saturated rings. The number of hydrazine groups is 1. The largest absolute Gasteiger partial charge is 0.481 e. The van der Waals surface area contributed by atoms with Gasteiger partial charge in [0.25, 0.3) is 5.91 Å². The van der Waals surface area contributed by atoms with Crippen molar-refractivity contribution in [3.63, 3.8) is 0 Å². The molecular formula is C29H39N4O4+. The third-order valence-electron chi connectivity index (χ3n) is 7.57. The number of benzene rings is 2. The lowest BCUT2D eigenvalue weighted by atomic mass is 9.81. The van der Waals surface area contributed by atoms with Gasteiger partial charge in [0.1, 0.15) is 6.61 Å². The number of fused-ring (bicyclic) bond motifs is 1. The van der Waals surface area contributed by atoms with Crippen LogP contribution < -0.4 is 11.0 Å². The van der Waals surface area contributed by atoms with Gasteiger partial charge in [-0.3, -0.25) is 14.6 Å². The number of nitrogens with two attached hydrogens (primary N) is 1. The molecule has 0 aromatic heterocycles. The topological polar surface area (TPSA) is 98.7 Å². The molecule has 4 rings (SSSR count). The second kappa shape index (κ2) is 11.0. The molecule has 2 aromatic rings. The molecule has 0 radical (unpaired) electrons. The Labute approximate surface area is 219 Å². The van der Waals surface area contributed by atoms with Crippen molar-refractivity contribution in [2.24, 2.45) is 11.3 Å². The molecule has 198 valence electrons. The molecule has 0 unspecified atom stereocenters. The number of carboxylic acids is 1. The lowest BCUT2D eigenvalue weighted by Crippen LogP contribution is -2.90. The number of carbonyl (C=O) groups is 2. The van der Waals surface area contributed by atoms with Crippen LogP contribution in [0, 0.1) is 18.3 Å². The fraction of sp³-hybridized carbons (Fsp3) is 0.448. The lowest BCUT2D eigenvalue weighted by Gasteiger charge is -2.31. The average Bonchev–Trinajstić information content (AvgIpc) is 3.23. The highest BCUT2D eigenvalue weighted by Gasteiger charge is 2.40. The molecule has 2 atom stereocenters. The van der Waals surface area contributed by atoms with Gasteiger partial charge < -0.3 is 14.7 Å². The number of quaternary nitrogens is 1. The standard InChI is InChI=1S/C29H38N4O4/c1-6-20-13-21-9-7-8-10-25(21)27(34)33(15-20)16-23-14-22(12-11-19(23)2)26(29(3,4)28(35)36)37-18-24-17-32(5)31-30-24/h7-12,14,17,20,26,30-31H,6,13,15-16,18H2,1-5H3,(H,35,36)/p+1/t20-,26+/m0/s1. The average molecular weight is 508 g/mol. The number of amides is 1. The molecule has 2 aliphatic rings. The maximum Gasteiger partial charge on any atom is 0.312 e. The van der Waals surface area contributed by atoms with Gasteiger partial charge in [-0.15, -0.1) is 0 Å². The second-order valence-electron chi connectivity index (χ2n) is 10.8. The minimum Gasteiger partial charge on any atom is -0.481 e. The van der Waals surface area contributed by atoms with Gasteiger partial charge in [-0.25, -0.2) is 5.43 Å². The molecular weight excluding hydrogens is 468 g/mol. The summed E-state index contributed by atoms with van der Waals surface area (Å²) < 4.78 is 6.27. The van der Waals surface area contributed by atoms with E-state index < -0.39 is 17.5 Å². The Morgan fingerprint density at radius 2 is 2.03 bits per heavy atom. The van der Waals surface area contributed by atoms with Crippen LogP contribution in [0.25, 0.3) is 0 Å². The molecule has 0 aliphatic carbocycles. The van der Waals surface area contributed by atoms with E-state index in [0.29, 0.717) is 19.0 Å². The molecule has 2 aliphatic heterocycles. The summed E-state index contributed by atoms with van der Waals surface area (Å²) in [6, 6.07) is 13.9. The number of ether oxygens (including phenoxy) is 1. The van der Waals surface area contributed by atoms with Crippen molar-refractivity contribution in [3.05, 3.63) is 82.2 Å². The molecule has 2 aromatic carbocycles. The van der Waals surface area contributed by atoms with E-state index in [1.54, 1.807) is 13.8 Å². The maximum absolute atomic E-state index is 13.6. The molecule has 0 saturated carbocycles. The van der Waals surface area contributed by atoms with E-state index in [0.717, 1.165) is 46.4 Å². The van der Waals surface area contributed by atoms with Gasteiger partial charge >= 0.3 is 5.97 Å². The lowest BCUT2D eigenvalue weighted by molar-refractivity contribution is -0.678. The van der Waals surface area contributed by atoms with Gasteiger partial charge in [0.2, 0.25) is 0 Å². The van der Waals surface area contributed by atoms with Crippen molar-refractivity contribution >= 4 is 11.9 Å². The third kappa shape index (κ3) is 5.87. The first-order chi connectivity index (χ1) is 17.6. The monoisotopic (exact) mass is 507 g/mol. The molecule has 37 heavy (non-hydrogen) atoms. The SMILES string of the molecule is CC[C@H]1Cc2ccccc2C(=O)N(Cc2cc([C@@H](OCC3=CN(C)N[NH2+]3)C(C)(C)C(=O)O)ccc2C)C1. The quantitative estimate of drug-likeness (QED) is 0.451. The van der Waals surface area contributed by atoms with Crippen molar-refractivity contribution in [2.45, 2.75) is 53.2 Å². The molecule has 0 saturated heterocycles. The highest BCUT2D eigenvalue weighted by molar-refractivity contribution is 5.96. The van der Waals surface area contributed by atoms with Crippen molar-refractivity contribution in [2.75, 3.05) is 20.2 Å². The number of aliphatic carboxylic acids is 1. The number of hydrogen-bond donors (Lipinski definition) is 3. The number of nitrogens with one attached hydrogen (secondary N) is 1. The van der Waals surface area contributed by atoms with Crippen molar-refractivity contribution in [1.82, 2.24) is 15.4 Å². The summed E-state index contributed by atoms with van der Waals surface area (Å²) in [5.41, 5.74) is 9.43. The molecule has 0 spiro atoms. The minimum absolute atomic E-state index is 0.0512. The number of nitrogens with zero attached hydrogens (tertiary/aromatic N) is 2. The molecule has 4 N–H and O–H groups in total. The van der Waals surface area contributed by atoms with E-state index in [9.17, 15) is 14.7 Å². The van der Waals surface area contributed by atoms with Gasteiger partial charge in [-0.05, 0) is 61.4 Å². The summed E-state index contributed by atoms with van der Waals surface area (Å²) in [6.45, 7) is 9.03. The van der Waals surface area contributed by atoms with Crippen LogP contribution >= 0.6 is 0 Å². The fourth-order valence-corrected chi connectivity index (χ4v) is 5.09. The van der Waals surface area contributed by atoms with E-state index >= 15 is 0 Å². The molecule has 8 nitrogen and oxygen atoms in total. The Kier molecular flexibility index (Phi) is 8.02. The number of aryl methyl sites for hydroxylation is 1. The summed E-state index contributed by atoms with van der Waals surface area (Å²) in [5.74, 6) is -0.486. The fourth-order valence-electron chi connectivity index (χ4n) is 5.09. The number of hydrogen-bond acceptors (Lipinski definition) is 5. The van der Waals surface area contributed by atoms with Gasteiger partial charge in [-0.1, -0.05) is 55.3 Å². The maximum atomic E-state index is 13.6. The van der Waals surface area contributed by atoms with Crippen LogP contribution in [0.3, 0.4) is 0 Å². The summed E-state index contributed by atoms with van der Waals surface area (Å²) in [7, 11) is 1.89. The van der Waals surface area contributed by atoms with E-state index in [-0.39, 0.29) is 12.5 Å². The zero-order valence-electron chi connectivity index (χ0n) is 22.5. The van der Waals surface area contributed by atoms with Crippen LogP contribution in [-0.2, 0) is 22.5 Å². The van der Waals surface area contributed by atoms with E-state index in [1.165, 1.54) is 0 Å². The first kappa shape index (κ1) is 26.9. The van der Waals surface area contributed by atoms with Crippen LogP contribution in [0.2, 0.25) is 0 Å². The van der Waals surface area contributed by atoms with E-state index in [1.807, 2.05) is 71.9 Å². The summed E-state index contributed by atoms with van der Waals surface area (Å²) in [4.78, 5) is 27.8. The Morgan fingerprint density at radius 3 is 2.70 bits per heavy atom. The van der Waals surface area contributed by atoms with Gasteiger partial charge in [0.05, 0.1) is 17.7 Å². The number of rotatable bonds is 9. The van der Waals surface area contributed by atoms with Crippen molar-refractivity contribution in [3.8, 4) is 0 Å². The van der Waals surface area contributed by atoms with Crippen LogP contribution in [0.1, 0.15) is 65.9 Å². The third-order valence-corrected chi connectivity index (χ3v) is 7.57. The minimum atomic E-state index is -1.16. The summed E-state index contributed by atoms with van der Waals surface area (Å²) in [6.07, 6.45) is 3.14. The Hall–Kier alpha value is -3.20. The first-order valence-corrected chi connectivity index (χ1v) is 12.9. The number of carbonyl (C=O) groups excluding carboxylic acids is 1. The van der Waals surface area contributed by atoms with Crippen molar-refractivity contribution in [1.29, 1.82) is 0 Å². The van der Waals surface area contributed by atoms with Crippen LogP contribution in [0.5, 0.6) is 0 Å².